The van der Waals surface area contributed by atoms with Crippen LogP contribution < -0.4 is 10.6 Å². The van der Waals surface area contributed by atoms with Crippen LogP contribution in [0.15, 0.2) is 60.7 Å². The Kier molecular flexibility index (Phi) is 7.22. The van der Waals surface area contributed by atoms with Crippen LogP contribution in [0.25, 0.3) is 0 Å². The predicted octanol–water partition coefficient (Wildman–Crippen LogP) is 2.31. The lowest BCUT2D eigenvalue weighted by molar-refractivity contribution is -0.129. The summed E-state index contributed by atoms with van der Waals surface area (Å²) in [6.07, 6.45) is 0.250. The Morgan fingerprint density at radius 1 is 0.933 bits per heavy atom. The zero-order valence-corrected chi connectivity index (χ0v) is 17.5. The lowest BCUT2D eigenvalue weighted by Crippen LogP contribution is -2.40. The minimum atomic E-state index is -0.407. The number of likely N-dealkylation sites (tertiary alicyclic amines) is 1. The summed E-state index contributed by atoms with van der Waals surface area (Å²) in [4.78, 5) is 39.0. The molecule has 3 rings (SSSR count). The molecule has 2 aromatic rings. The average Bonchev–Trinajstić information content (AvgIpc) is 3.15. The Hall–Kier alpha value is -3.15. The van der Waals surface area contributed by atoms with Gasteiger partial charge < -0.3 is 15.5 Å². The van der Waals surface area contributed by atoms with Gasteiger partial charge in [0.2, 0.25) is 17.7 Å². The van der Waals surface area contributed by atoms with Crippen molar-refractivity contribution >= 4 is 17.7 Å². The van der Waals surface area contributed by atoms with Crippen molar-refractivity contribution < 1.29 is 14.4 Å². The van der Waals surface area contributed by atoms with E-state index in [1.165, 1.54) is 0 Å². The molecule has 0 aliphatic carbocycles. The first kappa shape index (κ1) is 21.6. The topological polar surface area (TPSA) is 78.5 Å². The minimum Gasteiger partial charge on any atom is -0.354 e. The molecule has 1 aliphatic heterocycles. The van der Waals surface area contributed by atoms with Crippen molar-refractivity contribution in [3.8, 4) is 0 Å². The van der Waals surface area contributed by atoms with Crippen LogP contribution in [-0.4, -0.2) is 48.3 Å². The summed E-state index contributed by atoms with van der Waals surface area (Å²) in [6, 6.07) is 19.4. The molecular formula is C24H29N3O3. The van der Waals surface area contributed by atoms with Crippen LogP contribution in [-0.2, 0) is 14.4 Å². The van der Waals surface area contributed by atoms with Gasteiger partial charge in [0.25, 0.3) is 0 Å². The second-order valence-electron chi connectivity index (χ2n) is 7.88. The number of hydrogen-bond donors (Lipinski definition) is 2. The number of benzene rings is 2. The third-order valence-corrected chi connectivity index (χ3v) is 5.40. The molecule has 2 N–H and O–H groups in total. The van der Waals surface area contributed by atoms with Crippen LogP contribution in [0.1, 0.15) is 37.3 Å². The van der Waals surface area contributed by atoms with Crippen LogP contribution in [0.5, 0.6) is 0 Å². The highest BCUT2D eigenvalue weighted by Crippen LogP contribution is 2.24. The van der Waals surface area contributed by atoms with E-state index in [4.69, 9.17) is 0 Å². The SMILES string of the molecule is CC(C)N1CC(C(=O)NCCNC(=O)C(c2ccccc2)c2ccccc2)CC1=O. The lowest BCUT2D eigenvalue weighted by atomic mass is 9.90. The fourth-order valence-electron chi connectivity index (χ4n) is 3.81. The van der Waals surface area contributed by atoms with E-state index in [1.54, 1.807) is 4.90 Å². The highest BCUT2D eigenvalue weighted by Gasteiger charge is 2.35. The molecule has 6 nitrogen and oxygen atoms in total. The van der Waals surface area contributed by atoms with Crippen LogP contribution in [0.4, 0.5) is 0 Å². The summed E-state index contributed by atoms with van der Waals surface area (Å²) in [5.41, 5.74) is 1.84. The molecule has 0 radical (unpaired) electrons. The van der Waals surface area contributed by atoms with E-state index >= 15 is 0 Å². The fourth-order valence-corrected chi connectivity index (χ4v) is 3.81. The number of amides is 3. The van der Waals surface area contributed by atoms with Gasteiger partial charge in [-0.05, 0) is 25.0 Å². The third-order valence-electron chi connectivity index (χ3n) is 5.40. The van der Waals surface area contributed by atoms with Crippen molar-refractivity contribution in [3.05, 3.63) is 71.8 Å². The van der Waals surface area contributed by atoms with Gasteiger partial charge in [0.15, 0.2) is 0 Å². The van der Waals surface area contributed by atoms with E-state index in [2.05, 4.69) is 10.6 Å². The third kappa shape index (κ3) is 5.26. The summed E-state index contributed by atoms with van der Waals surface area (Å²) in [7, 11) is 0. The van der Waals surface area contributed by atoms with Crippen LogP contribution >= 0.6 is 0 Å². The van der Waals surface area contributed by atoms with E-state index in [9.17, 15) is 14.4 Å². The Morgan fingerprint density at radius 3 is 1.97 bits per heavy atom. The van der Waals surface area contributed by atoms with Crippen molar-refractivity contribution in [2.45, 2.75) is 32.2 Å². The molecule has 158 valence electrons. The molecule has 3 amide bonds. The number of nitrogens with one attached hydrogen (secondary N) is 2. The zero-order valence-electron chi connectivity index (χ0n) is 17.5. The van der Waals surface area contributed by atoms with Crippen LogP contribution in [0, 0.1) is 5.92 Å². The van der Waals surface area contributed by atoms with E-state index < -0.39 is 5.92 Å². The van der Waals surface area contributed by atoms with Crippen molar-refractivity contribution in [1.29, 1.82) is 0 Å². The second kappa shape index (κ2) is 10.1. The lowest BCUT2D eigenvalue weighted by Gasteiger charge is -2.21. The van der Waals surface area contributed by atoms with Crippen molar-refractivity contribution in [2.75, 3.05) is 19.6 Å². The van der Waals surface area contributed by atoms with Gasteiger partial charge in [-0.25, -0.2) is 0 Å². The van der Waals surface area contributed by atoms with Gasteiger partial charge in [-0.15, -0.1) is 0 Å². The van der Waals surface area contributed by atoms with Gasteiger partial charge in [-0.3, -0.25) is 14.4 Å². The zero-order chi connectivity index (χ0) is 21.5. The van der Waals surface area contributed by atoms with Crippen molar-refractivity contribution in [3.63, 3.8) is 0 Å². The van der Waals surface area contributed by atoms with Crippen molar-refractivity contribution in [2.24, 2.45) is 5.92 Å². The largest absolute Gasteiger partial charge is 0.354 e. The number of nitrogens with zero attached hydrogens (tertiary/aromatic N) is 1. The molecule has 1 heterocycles. The van der Waals surface area contributed by atoms with E-state index in [-0.39, 0.29) is 36.1 Å². The standard InChI is InChI=1S/C24H29N3O3/c1-17(2)27-16-20(15-21(27)28)23(29)25-13-14-26-24(30)22(18-9-5-3-6-10-18)19-11-7-4-8-12-19/h3-12,17,20,22H,13-16H2,1-2H3,(H,25,29)(H,26,30). The Bertz CT molecular complexity index is 828. The molecule has 6 heteroatoms. The summed E-state index contributed by atoms with van der Waals surface area (Å²) in [6.45, 7) is 5.01. The van der Waals surface area contributed by atoms with Crippen molar-refractivity contribution in [1.82, 2.24) is 15.5 Å². The Balaban J connectivity index is 1.53. The summed E-state index contributed by atoms with van der Waals surface area (Å²) < 4.78 is 0. The molecular weight excluding hydrogens is 378 g/mol. The number of hydrogen-bond acceptors (Lipinski definition) is 3. The summed E-state index contributed by atoms with van der Waals surface area (Å²) in [5.74, 6) is -0.953. The highest BCUT2D eigenvalue weighted by atomic mass is 16.2. The fraction of sp³-hybridized carbons (Fsp3) is 0.375. The predicted molar refractivity (Wildman–Crippen MR) is 116 cm³/mol. The Labute approximate surface area is 177 Å². The van der Waals surface area contributed by atoms with E-state index in [1.807, 2.05) is 74.5 Å². The quantitative estimate of drug-likeness (QED) is 0.659. The first-order valence-electron chi connectivity index (χ1n) is 10.4. The molecule has 1 atom stereocenters. The van der Waals surface area contributed by atoms with Gasteiger partial charge >= 0.3 is 0 Å². The molecule has 0 saturated carbocycles. The molecule has 1 fully saturated rings. The Morgan fingerprint density at radius 2 is 1.47 bits per heavy atom. The highest BCUT2D eigenvalue weighted by molar-refractivity contribution is 5.89. The molecule has 2 aromatic carbocycles. The van der Waals surface area contributed by atoms with Gasteiger partial charge in [0.1, 0.15) is 0 Å². The molecule has 0 spiro atoms. The molecule has 1 aliphatic rings. The number of rotatable bonds is 8. The maximum Gasteiger partial charge on any atom is 0.232 e. The minimum absolute atomic E-state index is 0.0204. The molecule has 1 saturated heterocycles. The first-order valence-corrected chi connectivity index (χ1v) is 10.4. The summed E-state index contributed by atoms with van der Waals surface area (Å²) in [5, 5.41) is 5.78. The summed E-state index contributed by atoms with van der Waals surface area (Å²) >= 11 is 0. The smallest absolute Gasteiger partial charge is 0.232 e. The molecule has 1 unspecified atom stereocenters. The molecule has 30 heavy (non-hydrogen) atoms. The van der Waals surface area contributed by atoms with Gasteiger partial charge in [0.05, 0.1) is 11.8 Å². The van der Waals surface area contributed by atoms with Crippen LogP contribution in [0.2, 0.25) is 0 Å². The number of carbonyl (C=O) groups excluding carboxylic acids is 3. The molecule has 0 aromatic heterocycles. The molecule has 0 bridgehead atoms. The maximum atomic E-state index is 12.9. The van der Waals surface area contributed by atoms with E-state index in [0.29, 0.717) is 19.6 Å². The number of carbonyl (C=O) groups is 3. The normalized spacial score (nSPS) is 16.2. The van der Waals surface area contributed by atoms with E-state index in [0.717, 1.165) is 11.1 Å². The van der Waals surface area contributed by atoms with Crippen LogP contribution in [0.3, 0.4) is 0 Å². The van der Waals surface area contributed by atoms with Gasteiger partial charge in [-0.1, -0.05) is 60.7 Å². The first-order chi connectivity index (χ1) is 14.5. The van der Waals surface area contributed by atoms with Gasteiger partial charge in [-0.2, -0.15) is 0 Å². The average molecular weight is 408 g/mol. The second-order valence-corrected chi connectivity index (χ2v) is 7.88. The maximum absolute atomic E-state index is 12.9. The monoisotopic (exact) mass is 407 g/mol. The van der Waals surface area contributed by atoms with Gasteiger partial charge in [0, 0.05) is 32.1 Å².